The molecule has 0 saturated carbocycles. The van der Waals surface area contributed by atoms with Gasteiger partial charge in [-0.1, -0.05) is 18.2 Å². The molecule has 10 N–H and O–H groups in total. The van der Waals surface area contributed by atoms with Gasteiger partial charge < -0.3 is 33.6 Å². The first-order chi connectivity index (χ1) is 14.3. The summed E-state index contributed by atoms with van der Waals surface area (Å²) in [6.07, 6.45) is 0. The summed E-state index contributed by atoms with van der Waals surface area (Å²) in [5.74, 6) is -1.06. The number of amides is 2. The van der Waals surface area contributed by atoms with Crippen LogP contribution in [0, 0.1) is 0 Å². The molecule has 0 radical (unpaired) electrons. The van der Waals surface area contributed by atoms with Crippen LogP contribution in [0.3, 0.4) is 0 Å². The van der Waals surface area contributed by atoms with Crippen LogP contribution in [0.1, 0.15) is 15.9 Å². The Hall–Kier alpha value is -4.46. The quantitative estimate of drug-likeness (QED) is 0.274. The Balaban J connectivity index is 1.85. The first-order valence-electron chi connectivity index (χ1n) is 9.03. The Morgan fingerprint density at radius 3 is 2.00 bits per heavy atom. The number of hydrogen-bond acceptors (Lipinski definition) is 6. The molecule has 3 rings (SSSR count). The van der Waals surface area contributed by atoms with Crippen molar-refractivity contribution in [2.24, 2.45) is 11.5 Å². The number of carbonyl (C=O) groups excluding carboxylic acids is 2. The molecule has 8 nitrogen and oxygen atoms in total. The zero-order valence-corrected chi connectivity index (χ0v) is 16.1. The number of benzene rings is 3. The molecule has 0 aromatic heterocycles. The van der Waals surface area contributed by atoms with Crippen LogP contribution >= 0.6 is 0 Å². The molecule has 0 bridgehead atoms. The highest BCUT2D eigenvalue weighted by Crippen LogP contribution is 2.27. The number of nitrogens with one attached hydrogen (secondary N) is 2. The fourth-order valence-corrected chi connectivity index (χ4v) is 2.77. The van der Waals surface area contributed by atoms with E-state index >= 15 is 0 Å². The molecule has 0 heterocycles. The molecule has 0 aliphatic heterocycles. The highest BCUT2D eigenvalue weighted by atomic mass is 16.2. The van der Waals surface area contributed by atoms with Crippen molar-refractivity contribution in [1.82, 2.24) is 0 Å². The van der Waals surface area contributed by atoms with E-state index in [2.05, 4.69) is 10.6 Å². The van der Waals surface area contributed by atoms with Crippen LogP contribution in [0.15, 0.2) is 78.5 Å². The average Bonchev–Trinajstić information content (AvgIpc) is 2.74. The Labute approximate surface area is 173 Å². The van der Waals surface area contributed by atoms with Crippen molar-refractivity contribution >= 4 is 40.3 Å². The lowest BCUT2D eigenvalue weighted by Crippen LogP contribution is -2.24. The summed E-state index contributed by atoms with van der Waals surface area (Å²) in [6.45, 7) is 0. The van der Waals surface area contributed by atoms with Gasteiger partial charge in [-0.05, 0) is 54.6 Å². The van der Waals surface area contributed by atoms with Crippen molar-refractivity contribution in [2.45, 2.75) is 0 Å². The van der Waals surface area contributed by atoms with Crippen molar-refractivity contribution in [3.05, 3.63) is 89.6 Å². The van der Waals surface area contributed by atoms with E-state index in [-0.39, 0.29) is 17.3 Å². The Kier molecular flexibility index (Phi) is 5.88. The van der Waals surface area contributed by atoms with Crippen molar-refractivity contribution in [3.8, 4) is 0 Å². The second-order valence-electron chi connectivity index (χ2n) is 6.52. The minimum absolute atomic E-state index is 0.196. The van der Waals surface area contributed by atoms with Crippen LogP contribution in [-0.2, 0) is 4.79 Å². The molecule has 0 aliphatic rings. The summed E-state index contributed by atoms with van der Waals surface area (Å²) in [6, 6.07) is 20.6. The van der Waals surface area contributed by atoms with Gasteiger partial charge in [0.15, 0.2) is 0 Å². The first-order valence-corrected chi connectivity index (χ1v) is 9.03. The van der Waals surface area contributed by atoms with Gasteiger partial charge in [0.05, 0.1) is 5.70 Å². The highest BCUT2D eigenvalue weighted by molar-refractivity contribution is 6.05. The van der Waals surface area contributed by atoms with Gasteiger partial charge in [0, 0.05) is 33.9 Å². The topological polar surface area (TPSA) is 162 Å². The highest BCUT2D eigenvalue weighted by Gasteiger charge is 2.15. The van der Waals surface area contributed by atoms with Gasteiger partial charge >= 0.3 is 0 Å². The Morgan fingerprint density at radius 1 is 0.733 bits per heavy atom. The maximum atomic E-state index is 12.4. The molecular formula is C22H22N6O2. The molecule has 0 spiro atoms. The summed E-state index contributed by atoms with van der Waals surface area (Å²) < 4.78 is 0. The van der Waals surface area contributed by atoms with E-state index in [1.54, 1.807) is 54.6 Å². The van der Waals surface area contributed by atoms with Crippen LogP contribution in [0.25, 0.3) is 5.70 Å². The minimum atomic E-state index is -0.807. The number of rotatable bonds is 6. The van der Waals surface area contributed by atoms with E-state index < -0.39 is 5.91 Å². The number of primary amides is 1. The van der Waals surface area contributed by atoms with E-state index in [1.165, 1.54) is 0 Å². The molecule has 3 aromatic rings. The number of nitrogen functional groups attached to an aromatic ring is 2. The van der Waals surface area contributed by atoms with Gasteiger partial charge in [-0.25, -0.2) is 0 Å². The third-order valence-electron chi connectivity index (χ3n) is 4.33. The lowest BCUT2D eigenvalue weighted by Gasteiger charge is -2.16. The number of anilines is 4. The predicted molar refractivity (Wildman–Crippen MR) is 120 cm³/mol. The van der Waals surface area contributed by atoms with Crippen molar-refractivity contribution in [2.75, 3.05) is 22.1 Å². The van der Waals surface area contributed by atoms with Crippen molar-refractivity contribution in [1.29, 1.82) is 0 Å². The van der Waals surface area contributed by atoms with Gasteiger partial charge in [-0.3, -0.25) is 9.59 Å². The molecule has 0 atom stereocenters. The van der Waals surface area contributed by atoms with Gasteiger partial charge in [0.2, 0.25) is 0 Å². The summed E-state index contributed by atoms with van der Waals surface area (Å²) >= 11 is 0. The summed E-state index contributed by atoms with van der Waals surface area (Å²) in [7, 11) is 0. The third kappa shape index (κ3) is 4.68. The normalized spacial score (nSPS) is 11.3. The standard InChI is InChI=1S/C22H22N6O2/c23-14-8-11-18(24)17(12-14)20(19(25)21(26)29)27-16-9-6-13(7-10-16)22(30)28-15-4-2-1-3-5-15/h1-12,27H,23-25H2,(H2,26,29)(H,28,30)/b20-19+. The van der Waals surface area contributed by atoms with Gasteiger partial charge in [-0.15, -0.1) is 0 Å². The summed E-state index contributed by atoms with van der Waals surface area (Å²) in [4.78, 5) is 24.1. The molecule has 3 aromatic carbocycles. The van der Waals surface area contributed by atoms with Gasteiger partial charge in [0.1, 0.15) is 5.70 Å². The molecule has 2 amide bonds. The fourth-order valence-electron chi connectivity index (χ4n) is 2.77. The fraction of sp³-hybridized carbons (Fsp3) is 0. The second-order valence-corrected chi connectivity index (χ2v) is 6.52. The zero-order chi connectivity index (χ0) is 21.7. The zero-order valence-electron chi connectivity index (χ0n) is 16.1. The van der Waals surface area contributed by atoms with Crippen molar-refractivity contribution in [3.63, 3.8) is 0 Å². The van der Waals surface area contributed by atoms with E-state index in [0.29, 0.717) is 33.9 Å². The SMILES string of the molecule is NC(=O)/C(N)=C(\Nc1ccc(C(=O)Nc2ccccc2)cc1)c1cc(N)ccc1N. The molecule has 152 valence electrons. The maximum Gasteiger partial charge on any atom is 0.266 e. The number of carbonyl (C=O) groups is 2. The van der Waals surface area contributed by atoms with Crippen LogP contribution in [0.5, 0.6) is 0 Å². The van der Waals surface area contributed by atoms with Crippen LogP contribution in [0.2, 0.25) is 0 Å². The van der Waals surface area contributed by atoms with E-state index in [4.69, 9.17) is 22.9 Å². The largest absolute Gasteiger partial charge is 0.399 e. The van der Waals surface area contributed by atoms with Gasteiger partial charge in [-0.2, -0.15) is 0 Å². The number of nitrogens with two attached hydrogens (primary N) is 4. The average molecular weight is 402 g/mol. The van der Waals surface area contributed by atoms with Crippen molar-refractivity contribution < 1.29 is 9.59 Å². The maximum absolute atomic E-state index is 12.4. The molecule has 0 unspecified atom stereocenters. The predicted octanol–water partition coefficient (Wildman–Crippen LogP) is 2.33. The minimum Gasteiger partial charge on any atom is -0.399 e. The summed E-state index contributed by atoms with van der Waals surface area (Å²) in [5, 5.41) is 5.86. The van der Waals surface area contributed by atoms with E-state index in [0.717, 1.165) is 0 Å². The summed E-state index contributed by atoms with van der Waals surface area (Å²) in [5.41, 5.74) is 26.2. The second kappa shape index (κ2) is 8.70. The van der Waals surface area contributed by atoms with Crippen LogP contribution in [0.4, 0.5) is 22.7 Å². The molecule has 0 saturated heterocycles. The lowest BCUT2D eigenvalue weighted by molar-refractivity contribution is -0.114. The Morgan fingerprint density at radius 2 is 1.37 bits per heavy atom. The third-order valence-corrected chi connectivity index (χ3v) is 4.33. The monoisotopic (exact) mass is 402 g/mol. The smallest absolute Gasteiger partial charge is 0.266 e. The molecular weight excluding hydrogens is 380 g/mol. The van der Waals surface area contributed by atoms with Gasteiger partial charge in [0.25, 0.3) is 11.8 Å². The lowest BCUT2D eigenvalue weighted by atomic mass is 10.1. The van der Waals surface area contributed by atoms with E-state index in [9.17, 15) is 9.59 Å². The number of para-hydroxylation sites is 1. The Bertz CT molecular complexity index is 1110. The van der Waals surface area contributed by atoms with Crippen LogP contribution < -0.4 is 33.6 Å². The molecule has 8 heteroatoms. The van der Waals surface area contributed by atoms with E-state index in [1.807, 2.05) is 18.2 Å². The molecule has 0 aliphatic carbocycles. The molecule has 30 heavy (non-hydrogen) atoms. The number of hydrogen-bond donors (Lipinski definition) is 6. The first kappa shape index (κ1) is 20.3. The molecule has 0 fully saturated rings. The van der Waals surface area contributed by atoms with Crippen LogP contribution in [-0.4, -0.2) is 11.8 Å².